The number of sulfonamides is 1. The quantitative estimate of drug-likeness (QED) is 0.320. The number of carbonyl (C=O) groups excluding carboxylic acids is 1. The lowest BCUT2D eigenvalue weighted by molar-refractivity contribution is -0.187. The maximum atomic E-state index is 13.5. The highest BCUT2D eigenvalue weighted by molar-refractivity contribution is 7.89. The average Bonchev–Trinajstić information content (AvgIpc) is 3.10. The fourth-order valence-electron chi connectivity index (χ4n) is 7.25. The normalized spacial score (nSPS) is 26.8. The highest BCUT2D eigenvalue weighted by Gasteiger charge is 2.53. The van der Waals surface area contributed by atoms with Gasteiger partial charge in [0.15, 0.2) is 0 Å². The Morgan fingerprint density at radius 3 is 1.95 bits per heavy atom. The maximum absolute atomic E-state index is 13.5. The highest BCUT2D eigenvalue weighted by Crippen LogP contribution is 2.58. The van der Waals surface area contributed by atoms with Gasteiger partial charge in [0.2, 0.25) is 10.0 Å². The van der Waals surface area contributed by atoms with Crippen molar-refractivity contribution in [3.63, 3.8) is 0 Å². The Kier molecular flexibility index (Phi) is 7.35. The number of carbonyl (C=O) groups is 1. The van der Waals surface area contributed by atoms with Gasteiger partial charge < -0.3 is 5.32 Å². The molecule has 1 amide bonds. The second kappa shape index (κ2) is 10.4. The van der Waals surface area contributed by atoms with Gasteiger partial charge in [-0.25, -0.2) is 13.5 Å². The number of nitrogens with zero attached hydrogens (tertiary/aromatic N) is 2. The van der Waals surface area contributed by atoms with E-state index in [1.165, 1.54) is 30.0 Å². The molecule has 2 N–H and O–H groups in total. The van der Waals surface area contributed by atoms with Crippen LogP contribution in [0.1, 0.15) is 64.4 Å². The zero-order chi connectivity index (χ0) is 26.2. The molecule has 200 valence electrons. The molecular formula is C29H39N3O4S. The molecule has 0 radical (unpaired) electrons. The predicted molar refractivity (Wildman–Crippen MR) is 144 cm³/mol. The Hall–Kier alpha value is -2.42. The first-order chi connectivity index (χ1) is 17.7. The molecule has 0 aliphatic heterocycles. The minimum atomic E-state index is -3.48. The van der Waals surface area contributed by atoms with Gasteiger partial charge in [0, 0.05) is 24.5 Å². The van der Waals surface area contributed by atoms with Crippen molar-refractivity contribution < 1.29 is 18.4 Å². The number of rotatable bonds is 9. The SMILES string of the molecule is CCN(CC)S(=O)(=O)c1ccc(Nc2ccc(CN(O)C(=O)C34CC5CCC(CC(C5)C3)C4)cc2)cc1. The van der Waals surface area contributed by atoms with Gasteiger partial charge in [-0.05, 0) is 91.8 Å². The lowest BCUT2D eigenvalue weighted by Crippen LogP contribution is -2.49. The van der Waals surface area contributed by atoms with Crippen LogP contribution >= 0.6 is 0 Å². The van der Waals surface area contributed by atoms with Gasteiger partial charge >= 0.3 is 0 Å². The van der Waals surface area contributed by atoms with E-state index in [1.54, 1.807) is 24.3 Å². The predicted octanol–water partition coefficient (Wildman–Crippen LogP) is 5.79. The number of fused-ring (bicyclic) bond motifs is 1. The molecule has 2 unspecified atom stereocenters. The van der Waals surface area contributed by atoms with Crippen molar-refractivity contribution in [1.82, 2.24) is 9.37 Å². The Morgan fingerprint density at radius 1 is 0.892 bits per heavy atom. The molecule has 4 fully saturated rings. The van der Waals surface area contributed by atoms with E-state index in [2.05, 4.69) is 5.32 Å². The summed E-state index contributed by atoms with van der Waals surface area (Å²) in [4.78, 5) is 13.7. The molecule has 0 heterocycles. The van der Waals surface area contributed by atoms with Gasteiger partial charge in [-0.15, -0.1) is 0 Å². The van der Waals surface area contributed by atoms with Crippen molar-refractivity contribution in [2.24, 2.45) is 23.2 Å². The van der Waals surface area contributed by atoms with Gasteiger partial charge in [0.1, 0.15) is 0 Å². The van der Waals surface area contributed by atoms with E-state index in [1.807, 2.05) is 38.1 Å². The third-order valence-electron chi connectivity index (χ3n) is 8.82. The third kappa shape index (κ3) is 5.29. The molecular weight excluding hydrogens is 486 g/mol. The molecule has 6 rings (SSSR count). The number of amides is 1. The van der Waals surface area contributed by atoms with Crippen LogP contribution in [0.4, 0.5) is 11.4 Å². The average molecular weight is 526 g/mol. The summed E-state index contributed by atoms with van der Waals surface area (Å²) >= 11 is 0. The van der Waals surface area contributed by atoms with E-state index in [9.17, 15) is 18.4 Å². The van der Waals surface area contributed by atoms with E-state index >= 15 is 0 Å². The Labute approximate surface area is 220 Å². The van der Waals surface area contributed by atoms with E-state index in [-0.39, 0.29) is 22.8 Å². The van der Waals surface area contributed by atoms with Crippen LogP contribution in [0.2, 0.25) is 0 Å². The summed E-state index contributed by atoms with van der Waals surface area (Å²) in [6, 6.07) is 14.4. The highest BCUT2D eigenvalue weighted by atomic mass is 32.2. The Bertz CT molecular complexity index is 1190. The number of benzene rings is 2. The Balaban J connectivity index is 1.20. The minimum absolute atomic E-state index is 0.0873. The standard InChI is InChI=1S/C29H39N3O4S/c1-3-31(4-2)37(35,36)27-13-11-26(12-14-27)30-25-9-7-21(8-10-25)20-32(34)28(33)29-17-22-5-6-23(18-29)16-24(15-22)19-29/h7-14,22-24,30,34H,3-6,15-20H2,1-2H3. The van der Waals surface area contributed by atoms with Crippen LogP contribution in [0, 0.1) is 23.2 Å². The topological polar surface area (TPSA) is 90.0 Å². The van der Waals surface area contributed by atoms with E-state index in [0.29, 0.717) is 30.8 Å². The van der Waals surface area contributed by atoms with Gasteiger partial charge in [-0.3, -0.25) is 10.0 Å². The van der Waals surface area contributed by atoms with Crippen molar-refractivity contribution in [2.45, 2.75) is 70.2 Å². The third-order valence-corrected chi connectivity index (χ3v) is 10.9. The van der Waals surface area contributed by atoms with Crippen molar-refractivity contribution >= 4 is 27.3 Å². The fraction of sp³-hybridized carbons (Fsp3) is 0.552. The maximum Gasteiger partial charge on any atom is 0.252 e. The molecule has 4 bridgehead atoms. The number of hydrogen-bond donors (Lipinski definition) is 2. The van der Waals surface area contributed by atoms with Crippen molar-refractivity contribution in [2.75, 3.05) is 18.4 Å². The van der Waals surface area contributed by atoms with Crippen LogP contribution in [0.25, 0.3) is 0 Å². The van der Waals surface area contributed by atoms with Crippen LogP contribution in [0.5, 0.6) is 0 Å². The zero-order valence-corrected chi connectivity index (χ0v) is 22.7. The molecule has 2 aromatic carbocycles. The van der Waals surface area contributed by atoms with E-state index in [4.69, 9.17) is 0 Å². The van der Waals surface area contributed by atoms with Crippen LogP contribution < -0.4 is 5.32 Å². The largest absolute Gasteiger partial charge is 0.356 e. The molecule has 2 atom stereocenters. The van der Waals surface area contributed by atoms with E-state index in [0.717, 1.165) is 41.3 Å². The summed E-state index contributed by atoms with van der Waals surface area (Å²) < 4.78 is 26.8. The van der Waals surface area contributed by atoms with Gasteiger partial charge in [-0.2, -0.15) is 4.31 Å². The second-order valence-corrected chi connectivity index (χ2v) is 13.3. The lowest BCUT2D eigenvalue weighted by atomic mass is 9.58. The first-order valence-corrected chi connectivity index (χ1v) is 15.1. The molecule has 0 aromatic heterocycles. The van der Waals surface area contributed by atoms with Crippen LogP contribution in [0.15, 0.2) is 53.4 Å². The Morgan fingerprint density at radius 2 is 1.41 bits per heavy atom. The molecule has 0 spiro atoms. The number of nitrogens with one attached hydrogen (secondary N) is 1. The van der Waals surface area contributed by atoms with Crippen LogP contribution in [-0.4, -0.2) is 42.0 Å². The van der Waals surface area contributed by atoms with Crippen molar-refractivity contribution in [3.05, 3.63) is 54.1 Å². The minimum Gasteiger partial charge on any atom is -0.356 e. The number of anilines is 2. The number of hydrogen-bond acceptors (Lipinski definition) is 5. The molecule has 4 aliphatic carbocycles. The molecule has 4 aliphatic rings. The summed E-state index contributed by atoms with van der Waals surface area (Å²) in [6.07, 6.45) is 7.82. The van der Waals surface area contributed by atoms with E-state index < -0.39 is 10.0 Å². The summed E-state index contributed by atoms with van der Waals surface area (Å²) in [5, 5.41) is 15.1. The van der Waals surface area contributed by atoms with Gasteiger partial charge in [0.05, 0.1) is 16.9 Å². The lowest BCUT2D eigenvalue weighted by Gasteiger charge is -2.47. The smallest absolute Gasteiger partial charge is 0.252 e. The molecule has 8 heteroatoms. The number of hydroxylamine groups is 2. The molecule has 0 saturated heterocycles. The molecule has 7 nitrogen and oxygen atoms in total. The fourth-order valence-corrected chi connectivity index (χ4v) is 8.71. The van der Waals surface area contributed by atoms with Crippen LogP contribution in [0.3, 0.4) is 0 Å². The molecule has 2 aromatic rings. The zero-order valence-electron chi connectivity index (χ0n) is 21.9. The first-order valence-electron chi connectivity index (χ1n) is 13.7. The summed E-state index contributed by atoms with van der Waals surface area (Å²) in [5.74, 6) is 1.84. The van der Waals surface area contributed by atoms with Gasteiger partial charge in [0.25, 0.3) is 5.91 Å². The summed E-state index contributed by atoms with van der Waals surface area (Å²) in [6.45, 7) is 4.71. The summed E-state index contributed by atoms with van der Waals surface area (Å²) in [7, 11) is -3.48. The summed E-state index contributed by atoms with van der Waals surface area (Å²) in [5.41, 5.74) is 2.12. The van der Waals surface area contributed by atoms with Crippen molar-refractivity contribution in [1.29, 1.82) is 0 Å². The first kappa shape index (κ1) is 26.2. The molecule has 37 heavy (non-hydrogen) atoms. The van der Waals surface area contributed by atoms with Crippen LogP contribution in [-0.2, 0) is 21.4 Å². The van der Waals surface area contributed by atoms with Crippen molar-refractivity contribution in [3.8, 4) is 0 Å². The monoisotopic (exact) mass is 525 g/mol. The van der Waals surface area contributed by atoms with Gasteiger partial charge in [-0.1, -0.05) is 38.8 Å². The second-order valence-electron chi connectivity index (χ2n) is 11.3. The molecule has 4 saturated carbocycles.